The summed E-state index contributed by atoms with van der Waals surface area (Å²) in [6, 6.07) is 0. The Morgan fingerprint density at radius 2 is 2.00 bits per heavy atom. The maximum atomic E-state index is 11.9. The average Bonchev–Trinajstić information content (AvgIpc) is 2.44. The van der Waals surface area contributed by atoms with Crippen molar-refractivity contribution in [3.05, 3.63) is 0 Å². The standard InChI is InChI=1S/C10H13Cl3O7/c1-4(14)10(20-13)9(19-12)8(18-11)7-6(17-10)3-15-5(2)16-7/h5-9H,3H2,1-2H3/t5?,6-,7-,8+,9-,10?/m1/s1. The van der Waals surface area contributed by atoms with E-state index in [1.807, 2.05) is 0 Å². The topological polar surface area (TPSA) is 72.5 Å². The van der Waals surface area contributed by atoms with Gasteiger partial charge in [0.05, 0.1) is 42.2 Å². The van der Waals surface area contributed by atoms with Crippen molar-refractivity contribution < 1.29 is 31.9 Å². The van der Waals surface area contributed by atoms with E-state index in [0.29, 0.717) is 0 Å². The van der Waals surface area contributed by atoms with Gasteiger partial charge in [0, 0.05) is 6.92 Å². The Kier molecular flexibility index (Phi) is 5.50. The van der Waals surface area contributed by atoms with Crippen LogP contribution < -0.4 is 0 Å². The monoisotopic (exact) mass is 350 g/mol. The van der Waals surface area contributed by atoms with Gasteiger partial charge in [0.25, 0.3) is 5.79 Å². The van der Waals surface area contributed by atoms with Gasteiger partial charge in [-0.1, -0.05) is 0 Å². The lowest BCUT2D eigenvalue weighted by Gasteiger charge is -2.50. The lowest BCUT2D eigenvalue weighted by molar-refractivity contribution is -0.360. The Morgan fingerprint density at radius 1 is 1.30 bits per heavy atom. The zero-order valence-electron chi connectivity index (χ0n) is 10.6. The summed E-state index contributed by atoms with van der Waals surface area (Å²) in [6.07, 6.45) is -3.99. The van der Waals surface area contributed by atoms with Crippen LogP contribution in [0.2, 0.25) is 0 Å². The molecule has 0 aromatic rings. The van der Waals surface area contributed by atoms with Gasteiger partial charge in [-0.3, -0.25) is 13.4 Å². The molecule has 2 fully saturated rings. The first kappa shape index (κ1) is 16.7. The normalized spacial score (nSPS) is 45.0. The highest BCUT2D eigenvalue weighted by atomic mass is 35.5. The number of hydrogen-bond acceptors (Lipinski definition) is 7. The molecule has 10 heteroatoms. The van der Waals surface area contributed by atoms with Crippen molar-refractivity contribution in [1.82, 2.24) is 0 Å². The third kappa shape index (κ3) is 2.67. The molecule has 116 valence electrons. The number of Topliss-reactive ketones (excluding diaryl/α,β-unsaturated/α-hetero) is 1. The summed E-state index contributed by atoms with van der Waals surface area (Å²) in [5.74, 6) is -2.52. The first-order valence-electron chi connectivity index (χ1n) is 5.80. The molecule has 7 nitrogen and oxygen atoms in total. The van der Waals surface area contributed by atoms with Crippen LogP contribution in [0.4, 0.5) is 0 Å². The third-order valence-corrected chi connectivity index (χ3v) is 3.96. The molecule has 2 rings (SSSR count). The van der Waals surface area contributed by atoms with Crippen molar-refractivity contribution in [2.24, 2.45) is 0 Å². The van der Waals surface area contributed by atoms with Crippen molar-refractivity contribution in [2.45, 2.75) is 50.3 Å². The van der Waals surface area contributed by atoms with E-state index in [4.69, 9.17) is 62.7 Å². The minimum atomic E-state index is -1.96. The highest BCUT2D eigenvalue weighted by Gasteiger charge is 2.62. The summed E-state index contributed by atoms with van der Waals surface area (Å²) in [7, 11) is 0. The zero-order valence-corrected chi connectivity index (χ0v) is 12.9. The molecule has 2 saturated heterocycles. The molecule has 20 heavy (non-hydrogen) atoms. The lowest BCUT2D eigenvalue weighted by atomic mass is 9.90. The van der Waals surface area contributed by atoms with Crippen LogP contribution in [0.25, 0.3) is 0 Å². The summed E-state index contributed by atoms with van der Waals surface area (Å²) in [5.41, 5.74) is 0. The van der Waals surface area contributed by atoms with Crippen molar-refractivity contribution in [3.63, 3.8) is 0 Å². The fraction of sp³-hybridized carbons (Fsp3) is 0.900. The summed E-state index contributed by atoms with van der Waals surface area (Å²) in [4.78, 5) is 11.9. The Balaban J connectivity index is 2.36. The second kappa shape index (κ2) is 6.60. The molecular formula is C10H13Cl3O7. The largest absolute Gasteiger partial charge is 0.350 e. The van der Waals surface area contributed by atoms with Crippen LogP contribution >= 0.6 is 35.6 Å². The molecule has 0 radical (unpaired) electrons. The first-order valence-corrected chi connectivity index (χ1v) is 6.73. The molecule has 2 aliphatic rings. The van der Waals surface area contributed by atoms with Gasteiger partial charge < -0.3 is 14.2 Å². The van der Waals surface area contributed by atoms with Crippen LogP contribution in [0.15, 0.2) is 0 Å². The number of hydrogen-bond donors (Lipinski definition) is 0. The molecule has 0 saturated carbocycles. The highest BCUT2D eigenvalue weighted by molar-refractivity contribution is 6.10. The van der Waals surface area contributed by atoms with E-state index < -0.39 is 42.3 Å². The van der Waals surface area contributed by atoms with E-state index in [1.54, 1.807) is 6.92 Å². The van der Waals surface area contributed by atoms with E-state index in [0.717, 1.165) is 0 Å². The van der Waals surface area contributed by atoms with E-state index in [9.17, 15) is 4.79 Å². The van der Waals surface area contributed by atoms with Crippen LogP contribution in [0.1, 0.15) is 13.8 Å². The van der Waals surface area contributed by atoms with Crippen LogP contribution in [-0.2, 0) is 31.9 Å². The summed E-state index contributed by atoms with van der Waals surface area (Å²) >= 11 is 16.3. The van der Waals surface area contributed by atoms with E-state index in [-0.39, 0.29) is 6.61 Å². The second-order valence-electron chi connectivity index (χ2n) is 4.52. The number of fused-ring (bicyclic) bond motifs is 1. The molecule has 2 heterocycles. The second-order valence-corrected chi connectivity index (χ2v) is 5.03. The van der Waals surface area contributed by atoms with Gasteiger partial charge in [0.15, 0.2) is 18.2 Å². The van der Waals surface area contributed by atoms with E-state index >= 15 is 0 Å². The predicted octanol–water partition coefficient (Wildman–Crippen LogP) is 1.68. The van der Waals surface area contributed by atoms with Crippen molar-refractivity contribution in [1.29, 1.82) is 0 Å². The Hall–Kier alpha value is 0.300. The van der Waals surface area contributed by atoms with Gasteiger partial charge in [-0.2, -0.15) is 0 Å². The average molecular weight is 352 g/mol. The summed E-state index contributed by atoms with van der Waals surface area (Å²) in [6.45, 7) is 3.06. The zero-order chi connectivity index (χ0) is 14.9. The molecule has 2 aliphatic heterocycles. The van der Waals surface area contributed by atoms with Crippen molar-refractivity contribution >= 4 is 41.4 Å². The molecule has 6 atom stereocenters. The first-order chi connectivity index (χ1) is 9.50. The van der Waals surface area contributed by atoms with Crippen molar-refractivity contribution in [2.75, 3.05) is 6.61 Å². The fourth-order valence-corrected chi connectivity index (χ4v) is 3.00. The quantitative estimate of drug-likeness (QED) is 0.763. The Labute approximate surface area is 130 Å². The van der Waals surface area contributed by atoms with Gasteiger partial charge >= 0.3 is 0 Å². The molecular weight excluding hydrogens is 338 g/mol. The third-order valence-electron chi connectivity index (χ3n) is 3.34. The number of carbonyl (C=O) groups is 1. The molecule has 0 spiro atoms. The number of rotatable bonds is 4. The highest BCUT2D eigenvalue weighted by Crippen LogP contribution is 2.40. The Bertz CT molecular complexity index is 371. The van der Waals surface area contributed by atoms with Gasteiger partial charge in [0.2, 0.25) is 0 Å². The van der Waals surface area contributed by atoms with Crippen LogP contribution in [0.5, 0.6) is 0 Å². The number of ether oxygens (including phenoxy) is 3. The molecule has 0 amide bonds. The van der Waals surface area contributed by atoms with Gasteiger partial charge in [-0.05, 0) is 6.92 Å². The van der Waals surface area contributed by atoms with Gasteiger partial charge in [-0.15, -0.1) is 0 Å². The summed E-state index contributed by atoms with van der Waals surface area (Å²) in [5, 5.41) is 0. The molecule has 2 unspecified atom stereocenters. The summed E-state index contributed by atoms with van der Waals surface area (Å²) < 4.78 is 30.7. The van der Waals surface area contributed by atoms with Crippen molar-refractivity contribution in [3.8, 4) is 0 Å². The van der Waals surface area contributed by atoms with E-state index in [1.165, 1.54) is 6.92 Å². The predicted molar refractivity (Wildman–Crippen MR) is 67.0 cm³/mol. The maximum Gasteiger partial charge on any atom is 0.278 e. The van der Waals surface area contributed by atoms with Crippen LogP contribution in [0.3, 0.4) is 0 Å². The molecule has 0 aliphatic carbocycles. The number of carbonyl (C=O) groups excluding carboxylic acids is 1. The minimum Gasteiger partial charge on any atom is -0.350 e. The lowest BCUT2D eigenvalue weighted by Crippen LogP contribution is -2.70. The molecule has 0 aromatic carbocycles. The fourth-order valence-electron chi connectivity index (χ4n) is 2.35. The minimum absolute atomic E-state index is 0.146. The van der Waals surface area contributed by atoms with Crippen LogP contribution in [-0.4, -0.2) is 48.9 Å². The number of halogens is 3. The van der Waals surface area contributed by atoms with E-state index in [2.05, 4.69) is 0 Å². The smallest absolute Gasteiger partial charge is 0.278 e. The molecule has 0 N–H and O–H groups in total. The molecule has 0 bridgehead atoms. The maximum absolute atomic E-state index is 11.9. The van der Waals surface area contributed by atoms with Crippen LogP contribution in [0, 0.1) is 0 Å². The number of ketones is 1. The van der Waals surface area contributed by atoms with Gasteiger partial charge in [0.1, 0.15) is 18.3 Å². The van der Waals surface area contributed by atoms with Gasteiger partial charge in [-0.25, -0.2) is 4.29 Å². The Morgan fingerprint density at radius 3 is 2.50 bits per heavy atom. The SMILES string of the molecule is CC(=O)C1(OCl)O[C@@H]2COC(C)O[C@H]2[C@H](OCl)[C@H]1OCl. The molecule has 0 aromatic heterocycles.